The van der Waals surface area contributed by atoms with Crippen LogP contribution in [-0.4, -0.2) is 37.5 Å². The lowest BCUT2D eigenvalue weighted by atomic mass is 10.3. The lowest BCUT2D eigenvalue weighted by Crippen LogP contribution is -2.38. The molecule has 0 radical (unpaired) electrons. The molecule has 10 heteroatoms. The minimum absolute atomic E-state index is 0.109. The van der Waals surface area contributed by atoms with E-state index in [9.17, 15) is 18.0 Å². The monoisotopic (exact) mass is 379 g/mol. The molecular weight excluding hydrogens is 367 g/mol. The number of alkyl halides is 3. The van der Waals surface area contributed by atoms with Gasteiger partial charge in [-0.25, -0.2) is 0 Å². The maximum absolute atomic E-state index is 13.3. The third-order valence-corrected chi connectivity index (χ3v) is 4.35. The molecule has 0 saturated heterocycles. The second-order valence-corrected chi connectivity index (χ2v) is 6.20. The summed E-state index contributed by atoms with van der Waals surface area (Å²) in [6, 6.07) is 11.2. The highest BCUT2D eigenvalue weighted by Gasteiger charge is 2.46. The maximum atomic E-state index is 13.3. The zero-order chi connectivity index (χ0) is 18.6. The van der Waals surface area contributed by atoms with Crippen LogP contribution >= 0.6 is 11.8 Å². The van der Waals surface area contributed by atoms with Gasteiger partial charge in [0.2, 0.25) is 5.91 Å². The highest BCUT2D eigenvalue weighted by Crippen LogP contribution is 2.35. The highest BCUT2D eigenvalue weighted by atomic mass is 32.2. The van der Waals surface area contributed by atoms with Crippen molar-refractivity contribution >= 4 is 23.4 Å². The van der Waals surface area contributed by atoms with Crippen LogP contribution in [0.2, 0.25) is 0 Å². The molecule has 2 aromatic heterocycles. The molecule has 3 aromatic rings. The van der Waals surface area contributed by atoms with Crippen LogP contribution in [0.5, 0.6) is 0 Å². The molecule has 6 nitrogen and oxygen atoms in total. The van der Waals surface area contributed by atoms with Gasteiger partial charge in [-0.3, -0.25) is 9.78 Å². The summed E-state index contributed by atoms with van der Waals surface area (Å²) in [4.78, 5) is 18.7. The minimum Gasteiger partial charge on any atom is -0.325 e. The van der Waals surface area contributed by atoms with E-state index < -0.39 is 17.3 Å². The van der Waals surface area contributed by atoms with Gasteiger partial charge in [0.1, 0.15) is 0 Å². The van der Waals surface area contributed by atoms with Gasteiger partial charge in [0.05, 0.1) is 0 Å². The SMILES string of the molecule is O=C(Nc1ccccc1)C(Sc1nnc(-c2ccncc2)[nH]1)C(F)(F)F. The summed E-state index contributed by atoms with van der Waals surface area (Å²) in [6.07, 6.45) is -1.71. The first-order chi connectivity index (χ1) is 12.4. The van der Waals surface area contributed by atoms with E-state index in [4.69, 9.17) is 0 Å². The summed E-state index contributed by atoms with van der Waals surface area (Å²) in [5.41, 5.74) is 0.902. The molecular formula is C16H12F3N5OS. The Labute approximate surface area is 150 Å². The van der Waals surface area contributed by atoms with Gasteiger partial charge in [-0.05, 0) is 24.3 Å². The third-order valence-electron chi connectivity index (χ3n) is 3.23. The van der Waals surface area contributed by atoms with E-state index in [1.807, 2.05) is 0 Å². The lowest BCUT2D eigenvalue weighted by molar-refractivity contribution is -0.146. The number of para-hydroxylation sites is 1. The number of halogens is 3. The van der Waals surface area contributed by atoms with E-state index in [1.165, 1.54) is 24.5 Å². The second kappa shape index (κ2) is 7.56. The number of aromatic amines is 1. The van der Waals surface area contributed by atoms with E-state index in [2.05, 4.69) is 25.5 Å². The molecule has 26 heavy (non-hydrogen) atoms. The first-order valence-electron chi connectivity index (χ1n) is 7.36. The summed E-state index contributed by atoms with van der Waals surface area (Å²) in [7, 11) is 0. The van der Waals surface area contributed by atoms with E-state index >= 15 is 0 Å². The smallest absolute Gasteiger partial charge is 0.325 e. The molecule has 3 rings (SSSR count). The van der Waals surface area contributed by atoms with Crippen molar-refractivity contribution in [2.75, 3.05) is 5.32 Å². The first-order valence-corrected chi connectivity index (χ1v) is 8.24. The standard InChI is InChI=1S/C16H12F3N5OS/c17-16(18,19)12(14(25)21-11-4-2-1-3-5-11)26-15-22-13(23-24-15)10-6-8-20-9-7-10/h1-9,12H,(H,21,25)(H,22,23,24). The van der Waals surface area contributed by atoms with Gasteiger partial charge in [-0.2, -0.15) is 13.2 Å². The number of carbonyl (C=O) groups excluding carboxylic acids is 1. The minimum atomic E-state index is -4.76. The fourth-order valence-electron chi connectivity index (χ4n) is 2.05. The number of pyridine rings is 1. The van der Waals surface area contributed by atoms with Crippen LogP contribution < -0.4 is 5.32 Å². The van der Waals surface area contributed by atoms with Gasteiger partial charge in [0.15, 0.2) is 16.2 Å². The van der Waals surface area contributed by atoms with Gasteiger partial charge in [-0.15, -0.1) is 10.2 Å². The van der Waals surface area contributed by atoms with Crippen LogP contribution in [0.25, 0.3) is 11.4 Å². The summed E-state index contributed by atoms with van der Waals surface area (Å²) in [5, 5.41) is 7.32. The van der Waals surface area contributed by atoms with Gasteiger partial charge >= 0.3 is 6.18 Å². The Bertz CT molecular complexity index is 870. The summed E-state index contributed by atoms with van der Waals surface area (Å²) in [6.45, 7) is 0. The van der Waals surface area contributed by atoms with Crippen LogP contribution in [0.4, 0.5) is 18.9 Å². The fourth-order valence-corrected chi connectivity index (χ4v) is 2.82. The Kier molecular flexibility index (Phi) is 5.21. The highest BCUT2D eigenvalue weighted by molar-refractivity contribution is 8.00. The van der Waals surface area contributed by atoms with Crippen LogP contribution in [0.15, 0.2) is 60.0 Å². The predicted molar refractivity (Wildman–Crippen MR) is 90.4 cm³/mol. The molecule has 134 valence electrons. The number of hydrogen-bond acceptors (Lipinski definition) is 5. The van der Waals surface area contributed by atoms with Crippen LogP contribution in [-0.2, 0) is 4.79 Å². The van der Waals surface area contributed by atoms with Crippen molar-refractivity contribution in [3.8, 4) is 11.4 Å². The van der Waals surface area contributed by atoms with Crippen LogP contribution in [0.1, 0.15) is 0 Å². The molecule has 2 N–H and O–H groups in total. The molecule has 0 saturated carbocycles. The first kappa shape index (κ1) is 17.9. The molecule has 0 spiro atoms. The molecule has 1 aromatic carbocycles. The Morgan fingerprint density at radius 1 is 1.08 bits per heavy atom. The Balaban J connectivity index is 1.77. The number of nitrogens with zero attached hydrogens (tertiary/aromatic N) is 3. The zero-order valence-corrected chi connectivity index (χ0v) is 13.9. The van der Waals surface area contributed by atoms with Crippen molar-refractivity contribution < 1.29 is 18.0 Å². The molecule has 0 aliphatic carbocycles. The largest absolute Gasteiger partial charge is 0.409 e. The number of rotatable bonds is 5. The van der Waals surface area contributed by atoms with Crippen molar-refractivity contribution in [2.24, 2.45) is 0 Å². The second-order valence-electron chi connectivity index (χ2n) is 5.11. The van der Waals surface area contributed by atoms with Gasteiger partial charge in [0, 0.05) is 23.6 Å². The number of H-pyrrole nitrogens is 1. The average molecular weight is 379 g/mol. The molecule has 1 atom stereocenters. The van der Waals surface area contributed by atoms with Crippen molar-refractivity contribution in [3.05, 3.63) is 54.9 Å². The van der Waals surface area contributed by atoms with Crippen LogP contribution in [0, 0.1) is 0 Å². The topological polar surface area (TPSA) is 83.6 Å². The number of anilines is 1. The number of thioether (sulfide) groups is 1. The fraction of sp³-hybridized carbons (Fsp3) is 0.125. The predicted octanol–water partition coefficient (Wildman–Crippen LogP) is 3.53. The van der Waals surface area contributed by atoms with Crippen LogP contribution in [0.3, 0.4) is 0 Å². The Hall–Kier alpha value is -2.88. The molecule has 0 aliphatic rings. The number of benzene rings is 1. The molecule has 1 unspecified atom stereocenters. The molecule has 0 aliphatic heterocycles. The van der Waals surface area contributed by atoms with Crippen molar-refractivity contribution in [3.63, 3.8) is 0 Å². The van der Waals surface area contributed by atoms with E-state index in [0.717, 1.165) is 0 Å². The van der Waals surface area contributed by atoms with E-state index in [0.29, 0.717) is 11.4 Å². The average Bonchev–Trinajstić information content (AvgIpc) is 3.09. The maximum Gasteiger partial charge on any atom is 0.409 e. The number of aromatic nitrogens is 4. The van der Waals surface area contributed by atoms with Crippen molar-refractivity contribution in [2.45, 2.75) is 16.6 Å². The Morgan fingerprint density at radius 2 is 1.77 bits per heavy atom. The van der Waals surface area contributed by atoms with Crippen molar-refractivity contribution in [1.82, 2.24) is 20.2 Å². The quantitative estimate of drug-likeness (QED) is 0.663. The summed E-state index contributed by atoms with van der Waals surface area (Å²) >= 11 is 0.257. The lowest BCUT2D eigenvalue weighted by Gasteiger charge is -2.18. The molecule has 0 fully saturated rings. The normalized spacial score (nSPS) is 12.6. The summed E-state index contributed by atoms with van der Waals surface area (Å²) in [5.74, 6) is -0.894. The third kappa shape index (κ3) is 4.39. The van der Waals surface area contributed by atoms with E-state index in [1.54, 1.807) is 30.3 Å². The van der Waals surface area contributed by atoms with E-state index in [-0.39, 0.29) is 22.6 Å². The van der Waals surface area contributed by atoms with Gasteiger partial charge < -0.3 is 10.3 Å². The summed E-state index contributed by atoms with van der Waals surface area (Å²) < 4.78 is 40.0. The molecule has 2 heterocycles. The number of nitrogens with one attached hydrogen (secondary N) is 2. The number of carbonyl (C=O) groups is 1. The van der Waals surface area contributed by atoms with Crippen molar-refractivity contribution in [1.29, 1.82) is 0 Å². The number of amides is 1. The Morgan fingerprint density at radius 3 is 2.42 bits per heavy atom. The molecule has 1 amide bonds. The molecule has 0 bridgehead atoms. The van der Waals surface area contributed by atoms with Gasteiger partial charge in [-0.1, -0.05) is 30.0 Å². The van der Waals surface area contributed by atoms with Gasteiger partial charge in [0.25, 0.3) is 0 Å². The number of hydrogen-bond donors (Lipinski definition) is 2. The zero-order valence-electron chi connectivity index (χ0n) is 13.1.